The minimum absolute atomic E-state index is 0.531. The van der Waals surface area contributed by atoms with Crippen LogP contribution in [0.25, 0.3) is 5.65 Å². The van der Waals surface area contributed by atoms with Crippen molar-refractivity contribution in [1.29, 1.82) is 0 Å². The van der Waals surface area contributed by atoms with Gasteiger partial charge in [-0.05, 0) is 11.6 Å². The number of rotatable bonds is 7. The first-order valence-corrected chi connectivity index (χ1v) is 10.4. The topological polar surface area (TPSA) is 48.0 Å². The van der Waals surface area contributed by atoms with Gasteiger partial charge >= 0.3 is 0 Å². The predicted octanol–water partition coefficient (Wildman–Crippen LogP) is 5.30. The third-order valence-corrected chi connectivity index (χ3v) is 5.67. The number of thioether (sulfide) groups is 1. The van der Waals surface area contributed by atoms with Crippen LogP contribution in [0.4, 0.5) is 0 Å². The van der Waals surface area contributed by atoms with Gasteiger partial charge in [-0.2, -0.15) is 0 Å². The summed E-state index contributed by atoms with van der Waals surface area (Å²) in [6, 6.07) is 11.9. The highest BCUT2D eigenvalue weighted by molar-refractivity contribution is 7.98. The highest BCUT2D eigenvalue weighted by Crippen LogP contribution is 2.26. The maximum absolute atomic E-state index is 6.23. The number of fused-ring (bicyclic) bond motifs is 1. The second-order valence-electron chi connectivity index (χ2n) is 6.22. The van der Waals surface area contributed by atoms with Crippen LogP contribution in [0.3, 0.4) is 0 Å². The zero-order valence-corrected chi connectivity index (χ0v) is 17.3. The summed E-state index contributed by atoms with van der Waals surface area (Å²) in [6.45, 7) is 4.52. The Morgan fingerprint density at radius 1 is 1.11 bits per heavy atom. The van der Waals surface area contributed by atoms with E-state index in [9.17, 15) is 0 Å². The van der Waals surface area contributed by atoms with E-state index in [1.165, 1.54) is 5.56 Å². The van der Waals surface area contributed by atoms with Gasteiger partial charge in [0.15, 0.2) is 10.8 Å². The van der Waals surface area contributed by atoms with E-state index in [1.807, 2.05) is 34.9 Å². The lowest BCUT2D eigenvalue weighted by Crippen LogP contribution is -2.04. The monoisotopic (exact) mass is 429 g/mol. The van der Waals surface area contributed by atoms with Gasteiger partial charge in [0, 0.05) is 31.1 Å². The van der Waals surface area contributed by atoms with Crippen molar-refractivity contribution in [2.24, 2.45) is 0 Å². The summed E-state index contributed by atoms with van der Waals surface area (Å²) >= 11 is 13.9. The molecule has 28 heavy (non-hydrogen) atoms. The minimum atomic E-state index is 0.531. The molecule has 3 aromatic heterocycles. The van der Waals surface area contributed by atoms with Crippen molar-refractivity contribution < 1.29 is 0 Å². The highest BCUT2D eigenvalue weighted by atomic mass is 35.5. The molecule has 0 spiro atoms. The molecule has 0 amide bonds. The molecule has 0 atom stereocenters. The lowest BCUT2D eigenvalue weighted by molar-refractivity contribution is 0.690. The van der Waals surface area contributed by atoms with Gasteiger partial charge < -0.3 is 8.97 Å². The molecule has 1 aromatic carbocycles. The molecule has 142 valence electrons. The molecule has 0 fully saturated rings. The molecule has 0 saturated carbocycles. The van der Waals surface area contributed by atoms with Crippen LogP contribution in [0.1, 0.15) is 17.1 Å². The third-order valence-electron chi connectivity index (χ3n) is 4.18. The summed E-state index contributed by atoms with van der Waals surface area (Å²) in [5.41, 5.74) is 2.79. The van der Waals surface area contributed by atoms with Gasteiger partial charge in [-0.25, -0.2) is 4.98 Å². The predicted molar refractivity (Wildman–Crippen MR) is 114 cm³/mol. The third kappa shape index (κ3) is 4.09. The van der Waals surface area contributed by atoms with Gasteiger partial charge in [-0.1, -0.05) is 71.4 Å². The fourth-order valence-electron chi connectivity index (χ4n) is 2.93. The Morgan fingerprint density at radius 3 is 2.71 bits per heavy atom. The number of halogens is 2. The van der Waals surface area contributed by atoms with Gasteiger partial charge in [-0.15, -0.1) is 16.8 Å². The molecule has 0 bridgehead atoms. The Morgan fingerprint density at radius 2 is 1.93 bits per heavy atom. The van der Waals surface area contributed by atoms with Gasteiger partial charge in [0.25, 0.3) is 0 Å². The fourth-order valence-corrected chi connectivity index (χ4v) is 4.31. The molecule has 4 aromatic rings. The Balaban J connectivity index is 1.54. The van der Waals surface area contributed by atoms with E-state index >= 15 is 0 Å². The normalized spacial score (nSPS) is 11.2. The van der Waals surface area contributed by atoms with E-state index < -0.39 is 0 Å². The first-order chi connectivity index (χ1) is 13.6. The number of pyridine rings is 1. The van der Waals surface area contributed by atoms with E-state index in [4.69, 9.17) is 23.2 Å². The second-order valence-corrected chi connectivity index (χ2v) is 8.00. The van der Waals surface area contributed by atoms with E-state index in [-0.39, 0.29) is 0 Å². The molecule has 0 aliphatic rings. The van der Waals surface area contributed by atoms with Crippen LogP contribution in [-0.2, 0) is 18.7 Å². The average Bonchev–Trinajstić information content (AvgIpc) is 3.26. The van der Waals surface area contributed by atoms with Gasteiger partial charge in [0.05, 0.1) is 15.7 Å². The van der Waals surface area contributed by atoms with Crippen LogP contribution < -0.4 is 0 Å². The molecule has 0 aliphatic carbocycles. The maximum atomic E-state index is 6.23. The summed E-state index contributed by atoms with van der Waals surface area (Å²) in [7, 11) is 0. The molecule has 4 rings (SSSR count). The lowest BCUT2D eigenvalue weighted by atomic mass is 10.1. The number of nitrogens with zero attached hydrogens (tertiary/aromatic N) is 5. The Labute approximate surface area is 177 Å². The molecule has 3 heterocycles. The molecule has 0 aliphatic heterocycles. The van der Waals surface area contributed by atoms with Crippen molar-refractivity contribution in [3.05, 3.63) is 88.6 Å². The SMILES string of the molecule is C=CCn1c(Cc2ccccc2)nnc1SCc1cn2cc(Cl)cc(Cl)c2n1. The summed E-state index contributed by atoms with van der Waals surface area (Å²) in [6.07, 6.45) is 6.31. The van der Waals surface area contributed by atoms with E-state index in [2.05, 4.69) is 38.5 Å². The number of benzene rings is 1. The molecule has 0 N–H and O–H groups in total. The van der Waals surface area contributed by atoms with Crippen LogP contribution in [0, 0.1) is 0 Å². The number of imidazole rings is 1. The Kier molecular flexibility index (Phi) is 5.71. The Bertz CT molecular complexity index is 1120. The van der Waals surface area contributed by atoms with Crippen LogP contribution >= 0.6 is 35.0 Å². The quantitative estimate of drug-likeness (QED) is 0.295. The number of allylic oxidation sites excluding steroid dienone is 1. The molecule has 0 saturated heterocycles. The maximum Gasteiger partial charge on any atom is 0.191 e. The summed E-state index contributed by atoms with van der Waals surface area (Å²) in [5.74, 6) is 1.56. The smallest absolute Gasteiger partial charge is 0.191 e. The number of hydrogen-bond donors (Lipinski definition) is 0. The zero-order chi connectivity index (χ0) is 19.5. The van der Waals surface area contributed by atoms with E-state index in [0.29, 0.717) is 28.0 Å². The molecule has 0 radical (unpaired) electrons. The lowest BCUT2D eigenvalue weighted by Gasteiger charge is -2.07. The van der Waals surface area contributed by atoms with Gasteiger partial charge in [0.1, 0.15) is 5.82 Å². The van der Waals surface area contributed by atoms with Crippen LogP contribution in [0.15, 0.2) is 66.6 Å². The van der Waals surface area contributed by atoms with Crippen molar-refractivity contribution in [3.8, 4) is 0 Å². The van der Waals surface area contributed by atoms with Crippen LogP contribution in [0.5, 0.6) is 0 Å². The van der Waals surface area contributed by atoms with Crippen molar-refractivity contribution in [3.63, 3.8) is 0 Å². The van der Waals surface area contributed by atoms with E-state index in [1.54, 1.807) is 24.0 Å². The summed E-state index contributed by atoms with van der Waals surface area (Å²) in [5, 5.41) is 10.7. The van der Waals surface area contributed by atoms with Crippen LogP contribution in [-0.4, -0.2) is 24.1 Å². The first-order valence-electron chi connectivity index (χ1n) is 8.66. The van der Waals surface area contributed by atoms with Crippen LogP contribution in [0.2, 0.25) is 10.0 Å². The summed E-state index contributed by atoms with van der Waals surface area (Å²) in [4.78, 5) is 4.59. The van der Waals surface area contributed by atoms with E-state index in [0.717, 1.165) is 23.1 Å². The molecule has 0 unspecified atom stereocenters. The van der Waals surface area contributed by atoms with Crippen molar-refractivity contribution in [2.45, 2.75) is 23.9 Å². The van der Waals surface area contributed by atoms with Crippen molar-refractivity contribution in [2.75, 3.05) is 0 Å². The average molecular weight is 430 g/mol. The van der Waals surface area contributed by atoms with Gasteiger partial charge in [0.2, 0.25) is 0 Å². The summed E-state index contributed by atoms with van der Waals surface area (Å²) < 4.78 is 3.93. The Hall–Kier alpha value is -2.28. The van der Waals surface area contributed by atoms with Gasteiger partial charge in [-0.3, -0.25) is 0 Å². The van der Waals surface area contributed by atoms with Crippen molar-refractivity contribution in [1.82, 2.24) is 24.1 Å². The molecule has 5 nitrogen and oxygen atoms in total. The first kappa shape index (κ1) is 19.1. The molecular weight excluding hydrogens is 413 g/mol. The van der Waals surface area contributed by atoms with Crippen molar-refractivity contribution >= 4 is 40.6 Å². The number of hydrogen-bond acceptors (Lipinski definition) is 4. The largest absolute Gasteiger partial charge is 0.304 e. The standard InChI is InChI=1S/C20H17Cl2N5S/c1-2-8-27-18(9-14-6-4-3-5-7-14)24-25-20(27)28-13-16-12-26-11-15(21)10-17(22)19(26)23-16/h2-7,10-12H,1,8-9,13H2. The minimum Gasteiger partial charge on any atom is -0.304 e. The highest BCUT2D eigenvalue weighted by Gasteiger charge is 2.14. The zero-order valence-electron chi connectivity index (χ0n) is 14.9. The molecule has 8 heteroatoms. The fraction of sp³-hybridized carbons (Fsp3) is 0.150. The molecular formula is C20H17Cl2N5S. The number of aromatic nitrogens is 5. The second kappa shape index (κ2) is 8.39.